The van der Waals surface area contributed by atoms with E-state index in [0.717, 1.165) is 5.06 Å². The Morgan fingerprint density at radius 3 is 2.83 bits per heavy atom. The van der Waals surface area contributed by atoms with Crippen LogP contribution in [0.2, 0.25) is 0 Å². The number of hydrogen-bond donors (Lipinski definition) is 0. The standard InChI is InChI=1S/C9H14NOS/c1-10-6-9(12-7-10)11-8-4-2-3-5-8/h6-8H,2-5H2,1H3/q+1. The van der Waals surface area contributed by atoms with Crippen molar-refractivity contribution in [3.8, 4) is 5.06 Å². The lowest BCUT2D eigenvalue weighted by Crippen LogP contribution is -2.22. The fourth-order valence-electron chi connectivity index (χ4n) is 1.59. The minimum atomic E-state index is 0.489. The Balaban J connectivity index is 1.94. The van der Waals surface area contributed by atoms with E-state index in [9.17, 15) is 0 Å². The third kappa shape index (κ3) is 1.78. The fraction of sp³-hybridized carbons (Fsp3) is 0.667. The first-order valence-electron chi connectivity index (χ1n) is 4.45. The Bertz CT molecular complexity index is 253. The highest BCUT2D eigenvalue weighted by Crippen LogP contribution is 2.25. The summed E-state index contributed by atoms with van der Waals surface area (Å²) in [5, 5.41) is 1.06. The van der Waals surface area contributed by atoms with Crippen molar-refractivity contribution >= 4 is 11.3 Å². The number of nitrogens with zero attached hydrogens (tertiary/aromatic N) is 1. The summed E-state index contributed by atoms with van der Waals surface area (Å²) in [6.07, 6.45) is 7.68. The van der Waals surface area contributed by atoms with Crippen LogP contribution >= 0.6 is 11.3 Å². The zero-order chi connectivity index (χ0) is 8.39. The van der Waals surface area contributed by atoms with Crippen molar-refractivity contribution in [2.75, 3.05) is 0 Å². The summed E-state index contributed by atoms with van der Waals surface area (Å²) in [6.45, 7) is 0. The number of ether oxygens (including phenoxy) is 1. The zero-order valence-corrected chi connectivity index (χ0v) is 8.14. The lowest BCUT2D eigenvalue weighted by atomic mass is 10.3. The van der Waals surface area contributed by atoms with Crippen LogP contribution in [0.25, 0.3) is 0 Å². The van der Waals surface area contributed by atoms with Crippen molar-refractivity contribution in [1.29, 1.82) is 0 Å². The van der Waals surface area contributed by atoms with E-state index in [1.807, 2.05) is 17.8 Å². The highest BCUT2D eigenvalue weighted by molar-refractivity contribution is 7.11. The van der Waals surface area contributed by atoms with Crippen molar-refractivity contribution in [2.45, 2.75) is 31.8 Å². The van der Waals surface area contributed by atoms with E-state index in [1.54, 1.807) is 11.3 Å². The van der Waals surface area contributed by atoms with Crippen molar-refractivity contribution in [2.24, 2.45) is 7.05 Å². The quantitative estimate of drug-likeness (QED) is 0.640. The van der Waals surface area contributed by atoms with Crippen LogP contribution < -0.4 is 9.30 Å². The molecule has 1 aliphatic carbocycles. The molecule has 1 aromatic heterocycles. The van der Waals surface area contributed by atoms with E-state index < -0.39 is 0 Å². The predicted octanol–water partition coefficient (Wildman–Crippen LogP) is 1.89. The molecule has 0 saturated heterocycles. The SMILES string of the molecule is C[n+]1csc(OC2CCCC2)c1. The molecule has 0 atom stereocenters. The van der Waals surface area contributed by atoms with Crippen LogP contribution in [0.1, 0.15) is 25.7 Å². The second kappa shape index (κ2) is 3.44. The smallest absolute Gasteiger partial charge is 0.245 e. The molecule has 0 aromatic carbocycles. The third-order valence-corrected chi connectivity index (χ3v) is 3.10. The Labute approximate surface area is 76.8 Å². The number of aryl methyl sites for hydroxylation is 1. The van der Waals surface area contributed by atoms with Gasteiger partial charge in [-0.2, -0.15) is 4.57 Å². The Hall–Kier alpha value is -0.570. The van der Waals surface area contributed by atoms with Crippen LogP contribution in [0.4, 0.5) is 0 Å². The molecule has 0 N–H and O–H groups in total. The topological polar surface area (TPSA) is 13.1 Å². The largest absolute Gasteiger partial charge is 0.476 e. The van der Waals surface area contributed by atoms with E-state index in [0.29, 0.717) is 6.10 Å². The molecule has 0 unspecified atom stereocenters. The molecule has 1 aliphatic rings. The summed E-state index contributed by atoms with van der Waals surface area (Å²) in [5.41, 5.74) is 2.06. The van der Waals surface area contributed by atoms with E-state index in [1.165, 1.54) is 25.7 Å². The van der Waals surface area contributed by atoms with Crippen LogP contribution in [0.5, 0.6) is 5.06 Å². The first kappa shape index (κ1) is 8.05. The second-order valence-corrected chi connectivity index (χ2v) is 4.21. The molecule has 0 spiro atoms. The molecule has 0 radical (unpaired) electrons. The molecular weight excluding hydrogens is 170 g/mol. The normalized spacial score (nSPS) is 18.4. The molecule has 0 bridgehead atoms. The van der Waals surface area contributed by atoms with Gasteiger partial charge in [0.15, 0.2) is 0 Å². The van der Waals surface area contributed by atoms with Gasteiger partial charge < -0.3 is 4.74 Å². The number of aromatic nitrogens is 1. The van der Waals surface area contributed by atoms with Gasteiger partial charge in [0.05, 0.1) is 6.10 Å². The van der Waals surface area contributed by atoms with Crippen LogP contribution in [-0.4, -0.2) is 6.10 Å². The molecule has 0 aliphatic heterocycles. The molecule has 1 fully saturated rings. The van der Waals surface area contributed by atoms with Crippen LogP contribution in [0, 0.1) is 0 Å². The second-order valence-electron chi connectivity index (χ2n) is 3.36. The molecule has 0 amide bonds. The van der Waals surface area contributed by atoms with E-state index in [2.05, 4.69) is 5.51 Å². The summed E-state index contributed by atoms with van der Waals surface area (Å²) >= 11 is 1.68. The van der Waals surface area contributed by atoms with Gasteiger partial charge >= 0.3 is 0 Å². The Morgan fingerprint density at radius 2 is 2.25 bits per heavy atom. The molecule has 3 heteroatoms. The Kier molecular flexibility index (Phi) is 2.30. The molecular formula is C9H14NOS+. The monoisotopic (exact) mass is 184 g/mol. The van der Waals surface area contributed by atoms with Gasteiger partial charge in [0.2, 0.25) is 16.8 Å². The summed E-state index contributed by atoms with van der Waals surface area (Å²) < 4.78 is 7.83. The van der Waals surface area contributed by atoms with E-state index in [4.69, 9.17) is 4.74 Å². The average Bonchev–Trinajstić information content (AvgIpc) is 2.63. The van der Waals surface area contributed by atoms with Gasteiger partial charge in [-0.1, -0.05) is 0 Å². The summed E-state index contributed by atoms with van der Waals surface area (Å²) in [7, 11) is 2.03. The predicted molar refractivity (Wildman–Crippen MR) is 48.4 cm³/mol. The van der Waals surface area contributed by atoms with Crippen molar-refractivity contribution < 1.29 is 9.30 Å². The van der Waals surface area contributed by atoms with Crippen molar-refractivity contribution in [3.63, 3.8) is 0 Å². The summed E-state index contributed by atoms with van der Waals surface area (Å²) in [6, 6.07) is 0. The molecule has 1 saturated carbocycles. The van der Waals surface area contributed by atoms with Gasteiger partial charge in [-0.25, -0.2) is 0 Å². The zero-order valence-electron chi connectivity index (χ0n) is 7.32. The van der Waals surface area contributed by atoms with Gasteiger partial charge in [-0.15, -0.1) is 0 Å². The number of hydrogen-bond acceptors (Lipinski definition) is 2. The highest BCUT2D eigenvalue weighted by Gasteiger charge is 2.18. The van der Waals surface area contributed by atoms with Crippen molar-refractivity contribution in [3.05, 3.63) is 11.7 Å². The van der Waals surface area contributed by atoms with Gasteiger partial charge in [0, 0.05) is 0 Å². The number of rotatable bonds is 2. The lowest BCUT2D eigenvalue weighted by molar-refractivity contribution is -0.666. The van der Waals surface area contributed by atoms with Gasteiger partial charge in [0.1, 0.15) is 7.05 Å². The highest BCUT2D eigenvalue weighted by atomic mass is 32.1. The van der Waals surface area contributed by atoms with E-state index in [-0.39, 0.29) is 0 Å². The third-order valence-electron chi connectivity index (χ3n) is 2.23. The first-order valence-corrected chi connectivity index (χ1v) is 5.33. The maximum absolute atomic E-state index is 5.79. The fourth-order valence-corrected chi connectivity index (χ4v) is 2.34. The first-order chi connectivity index (χ1) is 5.84. The van der Waals surface area contributed by atoms with Crippen LogP contribution in [0.3, 0.4) is 0 Å². The summed E-state index contributed by atoms with van der Waals surface area (Å²) in [4.78, 5) is 0. The summed E-state index contributed by atoms with van der Waals surface area (Å²) in [5.74, 6) is 0. The van der Waals surface area contributed by atoms with Crippen LogP contribution in [0.15, 0.2) is 11.7 Å². The minimum absolute atomic E-state index is 0.489. The molecule has 2 rings (SSSR count). The van der Waals surface area contributed by atoms with Crippen molar-refractivity contribution in [1.82, 2.24) is 0 Å². The van der Waals surface area contributed by atoms with E-state index >= 15 is 0 Å². The maximum Gasteiger partial charge on any atom is 0.245 e. The van der Waals surface area contributed by atoms with Gasteiger partial charge in [-0.05, 0) is 37.0 Å². The lowest BCUT2D eigenvalue weighted by Gasteiger charge is -2.07. The molecule has 12 heavy (non-hydrogen) atoms. The molecule has 1 aromatic rings. The molecule has 2 nitrogen and oxygen atoms in total. The average molecular weight is 184 g/mol. The molecule has 66 valence electrons. The number of thiazole rings is 1. The van der Waals surface area contributed by atoms with Gasteiger partial charge in [0.25, 0.3) is 0 Å². The van der Waals surface area contributed by atoms with Crippen LogP contribution in [-0.2, 0) is 7.05 Å². The molecule has 1 heterocycles. The Morgan fingerprint density at radius 1 is 1.50 bits per heavy atom. The maximum atomic E-state index is 5.79. The van der Waals surface area contributed by atoms with Gasteiger partial charge in [-0.3, -0.25) is 0 Å². The minimum Gasteiger partial charge on any atom is -0.476 e.